The van der Waals surface area contributed by atoms with E-state index in [2.05, 4.69) is 6.07 Å². The Morgan fingerprint density at radius 1 is 1.10 bits per heavy atom. The Balaban J connectivity index is 1.94. The van der Waals surface area contributed by atoms with E-state index < -0.39 is 5.41 Å². The molecule has 0 unspecified atom stereocenters. The minimum Gasteiger partial charge on any atom is -0.313 e. The predicted octanol–water partition coefficient (Wildman–Crippen LogP) is 3.25. The number of carbonyl (C=O) groups excluding carboxylic acids is 1. The lowest BCUT2D eigenvalue weighted by atomic mass is 9.94. The van der Waals surface area contributed by atoms with Gasteiger partial charge < -0.3 is 4.90 Å². The molecule has 3 heteroatoms. The van der Waals surface area contributed by atoms with Gasteiger partial charge in [0.1, 0.15) is 6.07 Å². The summed E-state index contributed by atoms with van der Waals surface area (Å²) in [6.07, 6.45) is 1.74. The molecule has 1 aliphatic rings. The lowest BCUT2D eigenvalue weighted by molar-refractivity contribution is -0.120. The van der Waals surface area contributed by atoms with E-state index in [0.29, 0.717) is 11.3 Å². The lowest BCUT2D eigenvalue weighted by Gasteiger charge is -2.24. The topological polar surface area (TPSA) is 44.1 Å². The number of benzene rings is 2. The predicted molar refractivity (Wildman–Crippen MR) is 81.9 cm³/mol. The zero-order chi connectivity index (χ0) is 14.9. The van der Waals surface area contributed by atoms with Crippen LogP contribution in [0.4, 0.5) is 5.69 Å². The van der Waals surface area contributed by atoms with Crippen molar-refractivity contribution in [3.8, 4) is 6.07 Å². The number of carbonyl (C=O) groups is 1. The van der Waals surface area contributed by atoms with E-state index in [-0.39, 0.29) is 5.91 Å². The van der Waals surface area contributed by atoms with Crippen LogP contribution in [0, 0.1) is 11.3 Å². The van der Waals surface area contributed by atoms with Crippen LogP contribution in [0.2, 0.25) is 0 Å². The van der Waals surface area contributed by atoms with Gasteiger partial charge in [-0.05, 0) is 30.5 Å². The number of anilines is 1. The minimum atomic E-state index is -0.404. The van der Waals surface area contributed by atoms with E-state index in [4.69, 9.17) is 0 Å². The number of hydrogen-bond acceptors (Lipinski definition) is 2. The zero-order valence-electron chi connectivity index (χ0n) is 11.9. The number of nitrogens with zero attached hydrogens (tertiary/aromatic N) is 2. The van der Waals surface area contributed by atoms with Crippen LogP contribution in [0.5, 0.6) is 0 Å². The van der Waals surface area contributed by atoms with Crippen molar-refractivity contribution in [3.05, 3.63) is 65.7 Å². The molecular formula is C18H16N2O. The maximum absolute atomic E-state index is 12.9. The first-order valence-electron chi connectivity index (χ1n) is 7.02. The molecule has 0 bridgehead atoms. The third-order valence-corrected chi connectivity index (χ3v) is 4.18. The summed E-state index contributed by atoms with van der Waals surface area (Å²) in [4.78, 5) is 14.5. The summed E-state index contributed by atoms with van der Waals surface area (Å²) in [6, 6.07) is 19.3. The molecule has 3 nitrogen and oxygen atoms in total. The van der Waals surface area contributed by atoms with E-state index in [1.807, 2.05) is 48.5 Å². The Hall–Kier alpha value is -2.60. The molecule has 2 aromatic rings. The van der Waals surface area contributed by atoms with Crippen molar-refractivity contribution >= 4 is 11.6 Å². The van der Waals surface area contributed by atoms with Gasteiger partial charge in [-0.15, -0.1) is 0 Å². The van der Waals surface area contributed by atoms with Gasteiger partial charge in [0.2, 0.25) is 5.91 Å². The van der Waals surface area contributed by atoms with Crippen molar-refractivity contribution < 1.29 is 4.79 Å². The van der Waals surface area contributed by atoms with Crippen LogP contribution >= 0.6 is 0 Å². The first-order valence-corrected chi connectivity index (χ1v) is 7.02. The van der Waals surface area contributed by atoms with Crippen LogP contribution in [0.1, 0.15) is 24.0 Å². The van der Waals surface area contributed by atoms with Gasteiger partial charge in [0.15, 0.2) is 0 Å². The summed E-state index contributed by atoms with van der Waals surface area (Å²) in [5.41, 5.74) is 1.86. The molecule has 21 heavy (non-hydrogen) atoms. The van der Waals surface area contributed by atoms with E-state index in [1.54, 1.807) is 18.0 Å². The molecule has 1 aliphatic carbocycles. The average Bonchev–Trinajstić information content (AvgIpc) is 3.36. The molecule has 2 aromatic carbocycles. The summed E-state index contributed by atoms with van der Waals surface area (Å²) in [7, 11) is 1.75. The molecule has 1 fully saturated rings. The number of hydrogen-bond donors (Lipinski definition) is 0. The highest BCUT2D eigenvalue weighted by Crippen LogP contribution is 2.49. The summed E-state index contributed by atoms with van der Waals surface area (Å²) in [5.74, 6) is 0.0661. The van der Waals surface area contributed by atoms with Gasteiger partial charge in [-0.3, -0.25) is 4.79 Å². The number of para-hydroxylation sites is 1. The molecule has 0 N–H and O–H groups in total. The SMILES string of the molecule is CN(C(=O)C1(c2ccccc2)CC1)c1ccccc1C#N. The number of amides is 1. The fourth-order valence-electron chi connectivity index (χ4n) is 2.80. The summed E-state index contributed by atoms with van der Waals surface area (Å²) >= 11 is 0. The maximum atomic E-state index is 12.9. The van der Waals surface area contributed by atoms with Crippen LogP contribution in [0.3, 0.4) is 0 Å². The Bertz CT molecular complexity index is 711. The fraction of sp³-hybridized carbons (Fsp3) is 0.222. The van der Waals surface area contributed by atoms with Gasteiger partial charge in [-0.2, -0.15) is 5.26 Å². The first kappa shape index (κ1) is 13.4. The van der Waals surface area contributed by atoms with Crippen LogP contribution < -0.4 is 4.90 Å². The fourth-order valence-corrected chi connectivity index (χ4v) is 2.80. The maximum Gasteiger partial charge on any atom is 0.237 e. The van der Waals surface area contributed by atoms with E-state index >= 15 is 0 Å². The van der Waals surface area contributed by atoms with Crippen molar-refractivity contribution in [2.45, 2.75) is 18.3 Å². The van der Waals surface area contributed by atoms with Gasteiger partial charge in [0.05, 0.1) is 16.7 Å². The normalized spacial score (nSPS) is 15.0. The third kappa shape index (κ3) is 2.19. The molecule has 1 saturated carbocycles. The van der Waals surface area contributed by atoms with Gasteiger partial charge in [0, 0.05) is 7.05 Å². The highest BCUT2D eigenvalue weighted by Gasteiger charge is 2.52. The van der Waals surface area contributed by atoms with Crippen molar-refractivity contribution in [1.82, 2.24) is 0 Å². The van der Waals surface area contributed by atoms with Crippen molar-refractivity contribution in [1.29, 1.82) is 5.26 Å². The molecule has 0 aliphatic heterocycles. The molecule has 3 rings (SSSR count). The average molecular weight is 276 g/mol. The Morgan fingerprint density at radius 3 is 2.33 bits per heavy atom. The second-order valence-corrected chi connectivity index (χ2v) is 5.44. The third-order valence-electron chi connectivity index (χ3n) is 4.18. The van der Waals surface area contributed by atoms with Crippen molar-refractivity contribution in [2.24, 2.45) is 0 Å². The van der Waals surface area contributed by atoms with Crippen LogP contribution in [-0.2, 0) is 10.2 Å². The molecule has 0 radical (unpaired) electrons. The quantitative estimate of drug-likeness (QED) is 0.863. The smallest absolute Gasteiger partial charge is 0.237 e. The second-order valence-electron chi connectivity index (χ2n) is 5.44. The Labute approximate surface area is 124 Å². The Morgan fingerprint density at radius 2 is 1.71 bits per heavy atom. The number of likely N-dealkylation sites (N-methyl/N-ethyl adjacent to an activating group) is 1. The van der Waals surface area contributed by atoms with Crippen molar-refractivity contribution in [3.63, 3.8) is 0 Å². The highest BCUT2D eigenvalue weighted by atomic mass is 16.2. The largest absolute Gasteiger partial charge is 0.313 e. The highest BCUT2D eigenvalue weighted by molar-refractivity contribution is 6.03. The molecule has 0 atom stereocenters. The van der Waals surface area contributed by atoms with Gasteiger partial charge in [-0.1, -0.05) is 42.5 Å². The van der Waals surface area contributed by atoms with E-state index in [1.165, 1.54) is 0 Å². The van der Waals surface area contributed by atoms with Crippen LogP contribution in [0.25, 0.3) is 0 Å². The van der Waals surface area contributed by atoms with Gasteiger partial charge >= 0.3 is 0 Å². The lowest BCUT2D eigenvalue weighted by Crippen LogP contribution is -2.37. The van der Waals surface area contributed by atoms with Crippen molar-refractivity contribution in [2.75, 3.05) is 11.9 Å². The van der Waals surface area contributed by atoms with Gasteiger partial charge in [-0.25, -0.2) is 0 Å². The van der Waals surface area contributed by atoms with Crippen LogP contribution in [-0.4, -0.2) is 13.0 Å². The number of nitriles is 1. The molecule has 104 valence electrons. The number of rotatable bonds is 3. The first-order chi connectivity index (χ1) is 10.2. The van der Waals surface area contributed by atoms with E-state index in [0.717, 1.165) is 18.4 Å². The second kappa shape index (κ2) is 5.06. The standard InChI is InChI=1S/C18H16N2O/c1-20(16-10-6-5-7-14(16)13-19)17(21)18(11-12-18)15-8-3-2-4-9-15/h2-10H,11-12H2,1H3. The minimum absolute atomic E-state index is 0.0661. The summed E-state index contributed by atoms with van der Waals surface area (Å²) in [5, 5.41) is 9.20. The summed E-state index contributed by atoms with van der Waals surface area (Å²) in [6.45, 7) is 0. The molecule has 1 amide bonds. The van der Waals surface area contributed by atoms with Gasteiger partial charge in [0.25, 0.3) is 0 Å². The molecule has 0 aromatic heterocycles. The molecule has 0 saturated heterocycles. The molecule has 0 heterocycles. The Kier molecular flexibility index (Phi) is 3.23. The molecule has 0 spiro atoms. The van der Waals surface area contributed by atoms with E-state index in [9.17, 15) is 10.1 Å². The monoisotopic (exact) mass is 276 g/mol. The van der Waals surface area contributed by atoms with Crippen LogP contribution in [0.15, 0.2) is 54.6 Å². The summed E-state index contributed by atoms with van der Waals surface area (Å²) < 4.78 is 0. The zero-order valence-corrected chi connectivity index (χ0v) is 11.9. The molecular weight excluding hydrogens is 260 g/mol.